The molecular formula is C18H17FN6S. The molecule has 0 radical (unpaired) electrons. The first kappa shape index (κ1) is 17.8. The van der Waals surface area contributed by atoms with Gasteiger partial charge in [-0.3, -0.25) is 4.68 Å². The number of aromatic nitrogens is 4. The lowest BCUT2D eigenvalue weighted by Gasteiger charge is -2.08. The molecule has 2 aromatic heterocycles. The first-order valence-electron chi connectivity index (χ1n) is 7.80. The molecule has 0 aliphatic heterocycles. The van der Waals surface area contributed by atoms with E-state index in [0.717, 1.165) is 11.3 Å². The Morgan fingerprint density at radius 1 is 1.35 bits per heavy atom. The third-order valence-corrected chi connectivity index (χ3v) is 4.31. The number of nitrogens with two attached hydrogens (primary N) is 1. The van der Waals surface area contributed by atoms with Crippen LogP contribution in [-0.4, -0.2) is 25.3 Å². The molecule has 3 rings (SSSR count). The molecule has 0 aliphatic carbocycles. The molecule has 1 aromatic carbocycles. The highest BCUT2D eigenvalue weighted by atomic mass is 32.2. The number of nitrogen functional groups attached to an aromatic ring is 1. The van der Waals surface area contributed by atoms with Crippen molar-refractivity contribution in [1.29, 1.82) is 5.41 Å². The van der Waals surface area contributed by atoms with Crippen molar-refractivity contribution in [2.24, 2.45) is 0 Å². The molecule has 0 bridgehead atoms. The summed E-state index contributed by atoms with van der Waals surface area (Å²) in [6.45, 7) is 2.18. The highest BCUT2D eigenvalue weighted by molar-refractivity contribution is 8.14. The van der Waals surface area contributed by atoms with Gasteiger partial charge < -0.3 is 11.1 Å². The van der Waals surface area contributed by atoms with E-state index in [4.69, 9.17) is 11.1 Å². The maximum atomic E-state index is 14.1. The molecule has 0 amide bonds. The number of hydrogen-bond donors (Lipinski definition) is 2. The monoisotopic (exact) mass is 368 g/mol. The molecule has 0 saturated carbocycles. The Hall–Kier alpha value is -3.00. The van der Waals surface area contributed by atoms with E-state index < -0.39 is 0 Å². The number of benzene rings is 1. The third-order valence-electron chi connectivity index (χ3n) is 3.68. The lowest BCUT2D eigenvalue weighted by Crippen LogP contribution is -2.07. The summed E-state index contributed by atoms with van der Waals surface area (Å²) in [7, 11) is 0. The van der Waals surface area contributed by atoms with Gasteiger partial charge in [-0.2, -0.15) is 5.10 Å². The zero-order valence-electron chi connectivity index (χ0n) is 14.1. The topological polar surface area (TPSA) is 93.5 Å². The van der Waals surface area contributed by atoms with Gasteiger partial charge in [-0.1, -0.05) is 30.0 Å². The van der Waals surface area contributed by atoms with Gasteiger partial charge in [0.1, 0.15) is 17.3 Å². The molecule has 0 spiro atoms. The maximum absolute atomic E-state index is 14.1. The van der Waals surface area contributed by atoms with Gasteiger partial charge in [0.25, 0.3) is 0 Å². The van der Waals surface area contributed by atoms with Crippen LogP contribution in [0.4, 0.5) is 10.2 Å². The van der Waals surface area contributed by atoms with E-state index in [-0.39, 0.29) is 12.4 Å². The Bertz CT molecular complexity index is 966. The van der Waals surface area contributed by atoms with Crippen LogP contribution in [0.5, 0.6) is 0 Å². The summed E-state index contributed by atoms with van der Waals surface area (Å²) in [6.07, 6.45) is 1.57. The van der Waals surface area contributed by atoms with Crippen molar-refractivity contribution in [3.05, 3.63) is 65.1 Å². The largest absolute Gasteiger partial charge is 0.384 e. The van der Waals surface area contributed by atoms with Crippen LogP contribution in [0, 0.1) is 11.2 Å². The fraction of sp³-hybridized carbons (Fsp3) is 0.111. The number of allylic oxidation sites excluding steroid dienone is 1. The minimum Gasteiger partial charge on any atom is -0.384 e. The van der Waals surface area contributed by atoms with Gasteiger partial charge in [-0.25, -0.2) is 14.4 Å². The Kier molecular flexibility index (Phi) is 5.43. The van der Waals surface area contributed by atoms with Crippen molar-refractivity contribution in [2.75, 3.05) is 5.73 Å². The second-order valence-corrected chi connectivity index (χ2v) is 6.27. The first-order valence-corrected chi connectivity index (χ1v) is 8.74. The van der Waals surface area contributed by atoms with Crippen LogP contribution in [0.2, 0.25) is 0 Å². The van der Waals surface area contributed by atoms with Crippen LogP contribution in [0.25, 0.3) is 17.1 Å². The van der Waals surface area contributed by atoms with Crippen molar-refractivity contribution in [2.45, 2.75) is 13.5 Å². The van der Waals surface area contributed by atoms with E-state index in [0.29, 0.717) is 22.9 Å². The molecule has 0 fully saturated rings. The summed E-state index contributed by atoms with van der Waals surface area (Å²) in [5.41, 5.74) is 9.75. The highest BCUT2D eigenvalue weighted by Crippen LogP contribution is 2.24. The number of nitrogens with one attached hydrogen (secondary N) is 1. The van der Waals surface area contributed by atoms with Crippen molar-refractivity contribution in [3.8, 4) is 11.5 Å². The SMILES string of the molecule is C/C(=C\SC=N)c1cc(-c2nccc(N)n2)nn1Cc1ccccc1F. The fourth-order valence-corrected chi connectivity index (χ4v) is 2.84. The maximum Gasteiger partial charge on any atom is 0.182 e. The molecule has 2 heterocycles. The lowest BCUT2D eigenvalue weighted by molar-refractivity contribution is 0.583. The van der Waals surface area contributed by atoms with Crippen molar-refractivity contribution in [3.63, 3.8) is 0 Å². The molecule has 26 heavy (non-hydrogen) atoms. The van der Waals surface area contributed by atoms with Crippen LogP contribution >= 0.6 is 11.8 Å². The predicted octanol–water partition coefficient (Wildman–Crippen LogP) is 3.81. The Balaban J connectivity index is 2.05. The second kappa shape index (κ2) is 7.92. The van der Waals surface area contributed by atoms with E-state index in [1.807, 2.05) is 18.4 Å². The number of hydrogen-bond acceptors (Lipinski definition) is 6. The third kappa shape index (κ3) is 3.97. The van der Waals surface area contributed by atoms with Gasteiger partial charge >= 0.3 is 0 Å². The van der Waals surface area contributed by atoms with E-state index >= 15 is 0 Å². The summed E-state index contributed by atoms with van der Waals surface area (Å²) in [4.78, 5) is 8.41. The van der Waals surface area contributed by atoms with Crippen LogP contribution in [-0.2, 0) is 6.54 Å². The standard InChI is InChI=1S/C18H17FN6S/c1-12(10-26-11-20)16-8-15(18-22-7-6-17(21)23-18)24-25(16)9-13-4-2-3-5-14(13)19/h2-8,10-11,20H,9H2,1H3,(H2,21,22,23)/b12-10+,20-11?. The van der Waals surface area contributed by atoms with E-state index in [1.54, 1.807) is 35.1 Å². The zero-order chi connectivity index (χ0) is 18.5. The fourth-order valence-electron chi connectivity index (χ4n) is 2.44. The molecule has 132 valence electrons. The number of rotatable bonds is 6. The average molecular weight is 368 g/mol. The number of nitrogens with zero attached hydrogens (tertiary/aromatic N) is 4. The predicted molar refractivity (Wildman–Crippen MR) is 103 cm³/mol. The minimum absolute atomic E-state index is 0.269. The Labute approximate surface area is 154 Å². The lowest BCUT2D eigenvalue weighted by atomic mass is 10.2. The molecule has 0 atom stereocenters. The summed E-state index contributed by atoms with van der Waals surface area (Å²) < 4.78 is 15.8. The minimum atomic E-state index is -0.286. The van der Waals surface area contributed by atoms with E-state index in [9.17, 15) is 4.39 Å². The summed E-state index contributed by atoms with van der Waals surface area (Å²) >= 11 is 1.25. The van der Waals surface area contributed by atoms with Crippen LogP contribution in [0.1, 0.15) is 18.2 Å². The molecule has 3 aromatic rings. The van der Waals surface area contributed by atoms with Gasteiger partial charge in [0.2, 0.25) is 0 Å². The zero-order valence-corrected chi connectivity index (χ0v) is 14.9. The summed E-state index contributed by atoms with van der Waals surface area (Å²) in [6, 6.07) is 10.0. The normalized spacial score (nSPS) is 11.5. The molecule has 8 heteroatoms. The average Bonchev–Trinajstić information content (AvgIpc) is 3.06. The summed E-state index contributed by atoms with van der Waals surface area (Å²) in [5, 5.41) is 13.6. The molecule has 0 aliphatic rings. The quantitative estimate of drug-likeness (QED) is 0.510. The van der Waals surface area contributed by atoms with Crippen molar-refractivity contribution in [1.82, 2.24) is 19.7 Å². The molecule has 3 N–H and O–H groups in total. The highest BCUT2D eigenvalue weighted by Gasteiger charge is 2.15. The number of anilines is 1. The van der Waals surface area contributed by atoms with Gasteiger partial charge in [0, 0.05) is 11.8 Å². The van der Waals surface area contributed by atoms with Gasteiger partial charge in [-0.15, -0.1) is 0 Å². The summed E-state index contributed by atoms with van der Waals surface area (Å²) in [5.74, 6) is 0.476. The van der Waals surface area contributed by atoms with Gasteiger partial charge in [-0.05, 0) is 36.1 Å². The van der Waals surface area contributed by atoms with Crippen LogP contribution in [0.3, 0.4) is 0 Å². The Morgan fingerprint density at radius 3 is 2.88 bits per heavy atom. The van der Waals surface area contributed by atoms with Gasteiger partial charge in [0.15, 0.2) is 5.82 Å². The van der Waals surface area contributed by atoms with Gasteiger partial charge in [0.05, 0.1) is 17.8 Å². The van der Waals surface area contributed by atoms with E-state index in [2.05, 4.69) is 15.1 Å². The first-order chi connectivity index (χ1) is 12.6. The smallest absolute Gasteiger partial charge is 0.182 e. The molecule has 0 saturated heterocycles. The van der Waals surface area contributed by atoms with Crippen molar-refractivity contribution >= 4 is 28.7 Å². The molecule has 6 nitrogen and oxygen atoms in total. The van der Waals surface area contributed by atoms with Crippen LogP contribution < -0.4 is 5.73 Å². The number of halogens is 1. The molecule has 0 unspecified atom stereocenters. The molecular weight excluding hydrogens is 351 g/mol. The van der Waals surface area contributed by atoms with Crippen molar-refractivity contribution < 1.29 is 4.39 Å². The number of thioether (sulfide) groups is 1. The Morgan fingerprint density at radius 2 is 2.15 bits per heavy atom. The van der Waals surface area contributed by atoms with Crippen LogP contribution in [0.15, 0.2) is 48.0 Å². The van der Waals surface area contributed by atoms with E-state index in [1.165, 1.54) is 23.4 Å². The second-order valence-electron chi connectivity index (χ2n) is 5.52.